The molecule has 2 aliphatic heterocycles. The predicted molar refractivity (Wildman–Crippen MR) is 129 cm³/mol. The fourth-order valence-corrected chi connectivity index (χ4v) is 6.32. The van der Waals surface area contributed by atoms with Crippen molar-refractivity contribution in [2.24, 2.45) is 11.8 Å². The number of nitrogens with one attached hydrogen (secondary N) is 1. The summed E-state index contributed by atoms with van der Waals surface area (Å²) in [5, 5.41) is 5.12. The lowest BCUT2D eigenvalue weighted by Crippen LogP contribution is -2.45. The van der Waals surface area contributed by atoms with Gasteiger partial charge >= 0.3 is 0 Å². The molecular weight excluding hydrogens is 432 g/mol. The van der Waals surface area contributed by atoms with Gasteiger partial charge in [-0.3, -0.25) is 9.59 Å². The Morgan fingerprint density at radius 2 is 2.03 bits per heavy atom. The van der Waals surface area contributed by atoms with Crippen molar-refractivity contribution in [3.05, 3.63) is 76.2 Å². The van der Waals surface area contributed by atoms with Gasteiger partial charge in [-0.25, -0.2) is 0 Å². The van der Waals surface area contributed by atoms with Gasteiger partial charge in [-0.05, 0) is 54.3 Å². The largest absolute Gasteiger partial charge is 0.493 e. The summed E-state index contributed by atoms with van der Waals surface area (Å²) in [5.74, 6) is 1.85. The Kier molecular flexibility index (Phi) is 4.98. The van der Waals surface area contributed by atoms with Crippen LogP contribution < -0.4 is 10.1 Å². The van der Waals surface area contributed by atoms with Crippen molar-refractivity contribution in [1.82, 2.24) is 10.2 Å². The van der Waals surface area contributed by atoms with E-state index in [1.165, 1.54) is 5.56 Å². The van der Waals surface area contributed by atoms with Crippen LogP contribution in [-0.2, 0) is 6.42 Å². The SMILES string of the molecule is Cc1cccc(-c2sccc2C(=O)N2C[C@@H]3C[C@@H]3[C@H]2CNC(=O)c2cccc3c2CCO3)c1. The van der Waals surface area contributed by atoms with Crippen LogP contribution >= 0.6 is 11.3 Å². The van der Waals surface area contributed by atoms with Gasteiger partial charge in [-0.15, -0.1) is 11.3 Å². The molecule has 0 spiro atoms. The fraction of sp³-hybridized carbons (Fsp3) is 0.333. The van der Waals surface area contributed by atoms with Gasteiger partial charge in [0.15, 0.2) is 0 Å². The minimum Gasteiger partial charge on any atom is -0.493 e. The Balaban J connectivity index is 1.20. The summed E-state index contributed by atoms with van der Waals surface area (Å²) in [4.78, 5) is 29.6. The number of benzene rings is 2. The van der Waals surface area contributed by atoms with Crippen molar-refractivity contribution in [3.8, 4) is 16.2 Å². The van der Waals surface area contributed by atoms with Crippen LogP contribution in [0.1, 0.15) is 38.3 Å². The van der Waals surface area contributed by atoms with E-state index in [1.807, 2.05) is 40.6 Å². The van der Waals surface area contributed by atoms with Crippen molar-refractivity contribution in [3.63, 3.8) is 0 Å². The molecule has 0 unspecified atom stereocenters. The molecule has 2 fully saturated rings. The molecule has 2 aromatic carbocycles. The molecule has 6 heteroatoms. The summed E-state index contributed by atoms with van der Waals surface area (Å²) in [6, 6.07) is 15.9. The average molecular weight is 459 g/mol. The summed E-state index contributed by atoms with van der Waals surface area (Å²) >= 11 is 1.61. The molecule has 6 rings (SSSR count). The minimum atomic E-state index is -0.0789. The van der Waals surface area contributed by atoms with Crippen molar-refractivity contribution in [2.75, 3.05) is 19.7 Å². The van der Waals surface area contributed by atoms with E-state index in [0.717, 1.165) is 46.7 Å². The van der Waals surface area contributed by atoms with E-state index in [0.29, 0.717) is 30.6 Å². The third-order valence-electron chi connectivity index (χ3n) is 7.20. The van der Waals surface area contributed by atoms with Crippen LogP contribution in [0.25, 0.3) is 10.4 Å². The summed E-state index contributed by atoms with van der Waals surface area (Å²) in [7, 11) is 0. The molecule has 1 N–H and O–H groups in total. The van der Waals surface area contributed by atoms with Gasteiger partial charge < -0.3 is 15.0 Å². The molecule has 168 valence electrons. The number of piperidine rings is 1. The molecule has 1 aromatic heterocycles. The maximum Gasteiger partial charge on any atom is 0.255 e. The monoisotopic (exact) mass is 458 g/mol. The highest BCUT2D eigenvalue weighted by Gasteiger charge is 2.54. The maximum atomic E-state index is 13.6. The van der Waals surface area contributed by atoms with Crippen LogP contribution in [0.3, 0.4) is 0 Å². The summed E-state index contributed by atoms with van der Waals surface area (Å²) < 4.78 is 5.60. The lowest BCUT2D eigenvalue weighted by Gasteiger charge is -2.28. The molecule has 0 radical (unpaired) electrons. The number of hydrogen-bond acceptors (Lipinski definition) is 4. The van der Waals surface area contributed by atoms with Crippen molar-refractivity contribution in [1.29, 1.82) is 0 Å². The Bertz CT molecular complexity index is 1250. The van der Waals surface area contributed by atoms with Crippen molar-refractivity contribution >= 4 is 23.2 Å². The second kappa shape index (κ2) is 8.03. The number of rotatable bonds is 5. The van der Waals surface area contributed by atoms with Crippen molar-refractivity contribution < 1.29 is 14.3 Å². The first-order chi connectivity index (χ1) is 16.1. The second-order valence-corrected chi connectivity index (χ2v) is 10.2. The topological polar surface area (TPSA) is 58.6 Å². The number of thiophene rings is 1. The van der Waals surface area contributed by atoms with Crippen molar-refractivity contribution in [2.45, 2.75) is 25.8 Å². The Morgan fingerprint density at radius 3 is 2.91 bits per heavy atom. The van der Waals surface area contributed by atoms with Gasteiger partial charge in [0.1, 0.15) is 5.75 Å². The number of carbonyl (C=O) groups excluding carboxylic acids is 2. The van der Waals surface area contributed by atoms with Gasteiger partial charge in [-0.2, -0.15) is 0 Å². The molecule has 1 saturated heterocycles. The first-order valence-corrected chi connectivity index (χ1v) is 12.5. The highest BCUT2D eigenvalue weighted by atomic mass is 32.1. The van der Waals surface area contributed by atoms with E-state index in [9.17, 15) is 9.59 Å². The van der Waals surface area contributed by atoms with E-state index >= 15 is 0 Å². The van der Waals surface area contributed by atoms with Crippen LogP contribution in [0.2, 0.25) is 0 Å². The number of likely N-dealkylation sites (tertiary alicyclic amines) is 1. The Labute approximate surface area is 197 Å². The summed E-state index contributed by atoms with van der Waals surface area (Å²) in [6.07, 6.45) is 1.91. The van der Waals surface area contributed by atoms with E-state index in [4.69, 9.17) is 4.74 Å². The van der Waals surface area contributed by atoms with Gasteiger partial charge in [0, 0.05) is 35.5 Å². The number of ether oxygens (including phenoxy) is 1. The van der Waals surface area contributed by atoms with E-state index in [2.05, 4.69) is 30.4 Å². The van der Waals surface area contributed by atoms with Gasteiger partial charge in [-0.1, -0.05) is 35.9 Å². The first-order valence-electron chi connectivity index (χ1n) is 11.6. The number of hydrogen-bond donors (Lipinski definition) is 1. The standard InChI is InChI=1S/C27H26N2O3S/c1-16-4-2-5-17(12-16)25-21(9-11-33-25)27(31)29-15-18-13-22(18)23(29)14-28-26(30)20-6-3-7-24-19(20)8-10-32-24/h2-7,9,11-12,18,22-23H,8,10,13-15H2,1H3,(H,28,30)/t18-,22-,23+/m0/s1. The number of carbonyl (C=O) groups is 2. The third kappa shape index (κ3) is 3.62. The van der Waals surface area contributed by atoms with E-state index < -0.39 is 0 Å². The predicted octanol–water partition coefficient (Wildman–Crippen LogP) is 4.55. The smallest absolute Gasteiger partial charge is 0.255 e. The number of nitrogens with zero attached hydrogens (tertiary/aromatic N) is 1. The Morgan fingerprint density at radius 1 is 1.15 bits per heavy atom. The molecule has 2 amide bonds. The highest BCUT2D eigenvalue weighted by molar-refractivity contribution is 7.14. The maximum absolute atomic E-state index is 13.6. The molecule has 1 saturated carbocycles. The van der Waals surface area contributed by atoms with Crippen LogP contribution in [0, 0.1) is 18.8 Å². The molecule has 5 nitrogen and oxygen atoms in total. The van der Waals surface area contributed by atoms with Crippen LogP contribution in [-0.4, -0.2) is 42.5 Å². The molecule has 0 bridgehead atoms. The zero-order valence-corrected chi connectivity index (χ0v) is 19.4. The summed E-state index contributed by atoms with van der Waals surface area (Å²) in [6.45, 7) is 3.96. The van der Waals surface area contributed by atoms with Crippen LogP contribution in [0.15, 0.2) is 53.9 Å². The van der Waals surface area contributed by atoms with Crippen LogP contribution in [0.5, 0.6) is 5.75 Å². The lowest BCUT2D eigenvalue weighted by molar-refractivity contribution is 0.0696. The normalized spacial score (nSPS) is 22.5. The quantitative estimate of drug-likeness (QED) is 0.610. The molecule has 1 aliphatic carbocycles. The Hall–Kier alpha value is -3.12. The van der Waals surface area contributed by atoms with Crippen LogP contribution in [0.4, 0.5) is 0 Å². The molecule has 3 heterocycles. The number of amides is 2. The number of aryl methyl sites for hydroxylation is 1. The molecule has 3 atom stereocenters. The zero-order valence-electron chi connectivity index (χ0n) is 18.5. The zero-order chi connectivity index (χ0) is 22.5. The van der Waals surface area contributed by atoms with Gasteiger partial charge in [0.25, 0.3) is 11.8 Å². The van der Waals surface area contributed by atoms with E-state index in [1.54, 1.807) is 11.3 Å². The summed E-state index contributed by atoms with van der Waals surface area (Å²) in [5.41, 5.74) is 4.71. The molecule has 3 aliphatic rings. The minimum absolute atomic E-state index is 0.0460. The third-order valence-corrected chi connectivity index (χ3v) is 8.16. The molecule has 33 heavy (non-hydrogen) atoms. The first kappa shape index (κ1) is 20.5. The molecule has 3 aromatic rings. The fourth-order valence-electron chi connectivity index (χ4n) is 5.44. The lowest BCUT2D eigenvalue weighted by atomic mass is 10.0. The van der Waals surface area contributed by atoms with Gasteiger partial charge in [0.2, 0.25) is 0 Å². The second-order valence-electron chi connectivity index (χ2n) is 9.31. The number of fused-ring (bicyclic) bond motifs is 2. The highest BCUT2D eigenvalue weighted by Crippen LogP contribution is 2.50. The average Bonchev–Trinajstić information content (AvgIpc) is 3.20. The molecular formula is C27H26N2O3S. The van der Waals surface area contributed by atoms with Gasteiger partial charge in [0.05, 0.1) is 18.2 Å². The van der Waals surface area contributed by atoms with E-state index in [-0.39, 0.29) is 17.9 Å².